The van der Waals surface area contributed by atoms with Crippen LogP contribution < -0.4 is 0 Å². The number of nitriles is 1. The van der Waals surface area contributed by atoms with Crippen molar-refractivity contribution in [3.05, 3.63) is 0 Å². The second-order valence-electron chi connectivity index (χ2n) is 1.61. The SMILES string of the molecule is C[Se]CCCCC#N. The molecule has 0 aromatic carbocycles. The summed E-state index contributed by atoms with van der Waals surface area (Å²) in [5, 5.41) is 9.46. The molecule has 0 heterocycles. The van der Waals surface area contributed by atoms with Crippen LogP contribution >= 0.6 is 0 Å². The molecule has 0 radical (unpaired) electrons. The fraction of sp³-hybridized carbons (Fsp3) is 0.833. The van der Waals surface area contributed by atoms with E-state index in [9.17, 15) is 0 Å². The summed E-state index contributed by atoms with van der Waals surface area (Å²) in [7, 11) is 0. The van der Waals surface area contributed by atoms with E-state index in [1.54, 1.807) is 0 Å². The van der Waals surface area contributed by atoms with E-state index < -0.39 is 0 Å². The van der Waals surface area contributed by atoms with Crippen molar-refractivity contribution < 1.29 is 0 Å². The van der Waals surface area contributed by atoms with Crippen LogP contribution in [0.5, 0.6) is 0 Å². The Balaban J connectivity index is 2.65. The molecule has 0 saturated heterocycles. The van der Waals surface area contributed by atoms with Gasteiger partial charge in [0.1, 0.15) is 0 Å². The molecule has 1 nitrogen and oxygen atoms in total. The van der Waals surface area contributed by atoms with Crippen LogP contribution in [0.25, 0.3) is 0 Å². The van der Waals surface area contributed by atoms with Gasteiger partial charge in [-0.2, -0.15) is 0 Å². The summed E-state index contributed by atoms with van der Waals surface area (Å²) >= 11 is 0.815. The van der Waals surface area contributed by atoms with Crippen LogP contribution in [-0.4, -0.2) is 15.0 Å². The van der Waals surface area contributed by atoms with E-state index in [4.69, 9.17) is 5.26 Å². The van der Waals surface area contributed by atoms with Crippen LogP contribution in [0.15, 0.2) is 0 Å². The topological polar surface area (TPSA) is 23.8 Å². The first-order valence-electron chi connectivity index (χ1n) is 2.77. The first kappa shape index (κ1) is 8.01. The maximum absolute atomic E-state index is 8.12. The monoisotopic (exact) mass is 177 g/mol. The molecule has 0 saturated carbocycles. The van der Waals surface area contributed by atoms with E-state index >= 15 is 0 Å². The third-order valence-electron chi connectivity index (χ3n) is 0.887. The van der Waals surface area contributed by atoms with Crippen molar-refractivity contribution in [2.45, 2.75) is 30.4 Å². The van der Waals surface area contributed by atoms with Gasteiger partial charge >= 0.3 is 56.7 Å². The molecule has 0 spiro atoms. The van der Waals surface area contributed by atoms with Crippen molar-refractivity contribution >= 4 is 15.0 Å². The molecule has 0 amide bonds. The van der Waals surface area contributed by atoms with Crippen molar-refractivity contribution in [2.75, 3.05) is 0 Å². The van der Waals surface area contributed by atoms with Gasteiger partial charge in [0.25, 0.3) is 0 Å². The Hall–Kier alpha value is 0.00948. The van der Waals surface area contributed by atoms with Gasteiger partial charge < -0.3 is 0 Å². The standard InChI is InChI=1S/C6H11NSe/c1-8-6-4-2-3-5-7/h2-4,6H2,1H3. The molecule has 0 aromatic rings. The average molecular weight is 176 g/mol. The molecule has 0 unspecified atom stereocenters. The van der Waals surface area contributed by atoms with E-state index in [2.05, 4.69) is 11.9 Å². The van der Waals surface area contributed by atoms with Crippen LogP contribution in [0.4, 0.5) is 0 Å². The molecule has 0 rings (SSSR count). The van der Waals surface area contributed by atoms with Gasteiger partial charge in [-0.1, -0.05) is 0 Å². The average Bonchev–Trinajstić information content (AvgIpc) is 1.81. The Kier molecular flexibility index (Phi) is 7.02. The predicted molar refractivity (Wildman–Crippen MR) is 35.9 cm³/mol. The fourth-order valence-electron chi connectivity index (χ4n) is 0.450. The molecule has 0 bridgehead atoms. The molecule has 0 aromatic heterocycles. The zero-order chi connectivity index (χ0) is 6.24. The zero-order valence-corrected chi connectivity index (χ0v) is 6.90. The van der Waals surface area contributed by atoms with Crippen LogP contribution in [0, 0.1) is 11.3 Å². The van der Waals surface area contributed by atoms with Crippen LogP contribution in [0.1, 0.15) is 19.3 Å². The van der Waals surface area contributed by atoms with Crippen molar-refractivity contribution in [3.8, 4) is 6.07 Å². The molecular weight excluding hydrogens is 165 g/mol. The summed E-state index contributed by atoms with van der Waals surface area (Å²) < 4.78 is 0. The van der Waals surface area contributed by atoms with E-state index in [0.29, 0.717) is 0 Å². The molecule has 0 atom stereocenters. The van der Waals surface area contributed by atoms with E-state index in [0.717, 1.165) is 27.8 Å². The van der Waals surface area contributed by atoms with Gasteiger partial charge in [-0.25, -0.2) is 0 Å². The number of rotatable bonds is 4. The molecule has 46 valence electrons. The number of nitrogens with zero attached hydrogens (tertiary/aromatic N) is 1. The first-order valence-corrected chi connectivity index (χ1v) is 5.70. The predicted octanol–water partition coefficient (Wildman–Crippen LogP) is 1.85. The van der Waals surface area contributed by atoms with Crippen LogP contribution in [-0.2, 0) is 0 Å². The minimum absolute atomic E-state index is 0.746. The summed E-state index contributed by atoms with van der Waals surface area (Å²) in [4.78, 5) is 0. The van der Waals surface area contributed by atoms with Crippen LogP contribution in [0.3, 0.4) is 0 Å². The van der Waals surface area contributed by atoms with Crippen molar-refractivity contribution in [3.63, 3.8) is 0 Å². The van der Waals surface area contributed by atoms with Gasteiger partial charge in [-0.15, -0.1) is 0 Å². The van der Waals surface area contributed by atoms with E-state index in [-0.39, 0.29) is 0 Å². The quantitative estimate of drug-likeness (QED) is 0.473. The summed E-state index contributed by atoms with van der Waals surface area (Å²) in [5.74, 6) is 2.24. The van der Waals surface area contributed by atoms with Gasteiger partial charge in [0, 0.05) is 0 Å². The maximum atomic E-state index is 8.12. The van der Waals surface area contributed by atoms with Crippen molar-refractivity contribution in [1.29, 1.82) is 5.26 Å². The molecule has 8 heavy (non-hydrogen) atoms. The van der Waals surface area contributed by atoms with Gasteiger partial charge in [0.15, 0.2) is 0 Å². The Bertz CT molecular complexity index is 75.1. The normalized spacial score (nSPS) is 8.50. The summed E-state index contributed by atoms with van der Waals surface area (Å²) in [6.07, 6.45) is 3.10. The minimum atomic E-state index is 0.746. The van der Waals surface area contributed by atoms with E-state index in [1.165, 1.54) is 11.7 Å². The molecule has 0 aliphatic carbocycles. The summed E-state index contributed by atoms with van der Waals surface area (Å²) in [6.45, 7) is 0. The molecular formula is C6H11NSe. The second kappa shape index (κ2) is 7.01. The number of hydrogen-bond donors (Lipinski definition) is 0. The summed E-state index contributed by atoms with van der Waals surface area (Å²) in [6, 6.07) is 2.13. The Morgan fingerprint density at radius 1 is 1.50 bits per heavy atom. The molecule has 2 heteroatoms. The fourth-order valence-corrected chi connectivity index (χ4v) is 1.48. The van der Waals surface area contributed by atoms with Gasteiger partial charge in [-0.05, 0) is 0 Å². The number of unbranched alkanes of at least 4 members (excludes halogenated alkanes) is 2. The molecule has 0 aliphatic rings. The second-order valence-corrected chi connectivity index (χ2v) is 3.68. The van der Waals surface area contributed by atoms with E-state index in [1.807, 2.05) is 0 Å². The van der Waals surface area contributed by atoms with Crippen molar-refractivity contribution in [2.24, 2.45) is 0 Å². The Morgan fingerprint density at radius 2 is 2.25 bits per heavy atom. The molecule has 0 N–H and O–H groups in total. The third kappa shape index (κ3) is 6.01. The summed E-state index contributed by atoms with van der Waals surface area (Å²) in [5.41, 5.74) is 0. The molecule has 0 fully saturated rings. The Labute approximate surface area is 57.2 Å². The number of hydrogen-bond acceptors (Lipinski definition) is 1. The third-order valence-corrected chi connectivity index (χ3v) is 2.35. The first-order chi connectivity index (χ1) is 3.91. The van der Waals surface area contributed by atoms with Crippen LogP contribution in [0.2, 0.25) is 11.1 Å². The Morgan fingerprint density at radius 3 is 2.75 bits per heavy atom. The van der Waals surface area contributed by atoms with Gasteiger partial charge in [0.2, 0.25) is 0 Å². The van der Waals surface area contributed by atoms with Crippen molar-refractivity contribution in [1.82, 2.24) is 0 Å². The zero-order valence-electron chi connectivity index (χ0n) is 5.18. The molecule has 0 aliphatic heterocycles. The van der Waals surface area contributed by atoms with Gasteiger partial charge in [-0.3, -0.25) is 0 Å². The van der Waals surface area contributed by atoms with Gasteiger partial charge in [0.05, 0.1) is 0 Å².